The fourth-order valence-electron chi connectivity index (χ4n) is 2.42. The average Bonchev–Trinajstić information content (AvgIpc) is 2.60. The molecule has 0 aliphatic carbocycles. The van der Waals surface area contributed by atoms with Gasteiger partial charge in [0.15, 0.2) is 0 Å². The summed E-state index contributed by atoms with van der Waals surface area (Å²) in [4.78, 5) is 0. The lowest BCUT2D eigenvalue weighted by atomic mass is 10.0. The molecule has 0 amide bonds. The third-order valence-electron chi connectivity index (χ3n) is 3.17. The monoisotopic (exact) mass is 224 g/mol. The highest BCUT2D eigenvalue weighted by Gasteiger charge is 2.21. The molecule has 0 radical (unpaired) electrons. The molecule has 1 aromatic rings. The third kappa shape index (κ3) is 2.44. The Bertz CT molecular complexity index is 323. The summed E-state index contributed by atoms with van der Waals surface area (Å²) in [5.41, 5.74) is 2.17. The highest BCUT2D eigenvalue weighted by Crippen LogP contribution is 2.22. The van der Waals surface area contributed by atoms with E-state index in [4.69, 9.17) is 9.26 Å². The number of hydrogen-bond donors (Lipinski definition) is 1. The molecular formula is C12H20N2O2. The molecule has 1 fully saturated rings. The van der Waals surface area contributed by atoms with Gasteiger partial charge in [-0.25, -0.2) is 0 Å². The van der Waals surface area contributed by atoms with E-state index in [9.17, 15) is 0 Å². The van der Waals surface area contributed by atoms with Crippen LogP contribution in [-0.2, 0) is 4.74 Å². The normalized spacial score (nSPS) is 23.3. The van der Waals surface area contributed by atoms with Crippen molar-refractivity contribution in [3.8, 4) is 0 Å². The molecule has 0 bridgehead atoms. The number of nitrogens with one attached hydrogen (secondary N) is 1. The Morgan fingerprint density at radius 3 is 2.81 bits per heavy atom. The summed E-state index contributed by atoms with van der Waals surface area (Å²) in [6, 6.07) is 0.732. The molecule has 1 aliphatic heterocycles. The van der Waals surface area contributed by atoms with Crippen LogP contribution in [0.4, 0.5) is 0 Å². The van der Waals surface area contributed by atoms with Gasteiger partial charge in [0, 0.05) is 24.3 Å². The maximum absolute atomic E-state index is 5.46. The van der Waals surface area contributed by atoms with E-state index in [1.807, 2.05) is 13.8 Å². The number of nitrogens with zero attached hydrogens (tertiary/aromatic N) is 1. The molecule has 2 rings (SSSR count). The molecule has 4 heteroatoms. The Balaban J connectivity index is 1.99. The Morgan fingerprint density at radius 2 is 2.25 bits per heavy atom. The van der Waals surface area contributed by atoms with Crippen LogP contribution in [0.25, 0.3) is 0 Å². The van der Waals surface area contributed by atoms with Gasteiger partial charge < -0.3 is 14.6 Å². The second kappa shape index (κ2) is 4.97. The van der Waals surface area contributed by atoms with E-state index in [1.165, 1.54) is 12.0 Å². The van der Waals surface area contributed by atoms with Crippen LogP contribution in [0.2, 0.25) is 0 Å². The van der Waals surface area contributed by atoms with Gasteiger partial charge in [0.25, 0.3) is 0 Å². The second-order valence-electron chi connectivity index (χ2n) is 4.54. The summed E-state index contributed by atoms with van der Waals surface area (Å²) in [5, 5.41) is 7.56. The molecule has 2 heterocycles. The van der Waals surface area contributed by atoms with Crippen LogP contribution < -0.4 is 5.32 Å². The first-order valence-electron chi connectivity index (χ1n) is 5.95. The Morgan fingerprint density at radius 1 is 1.44 bits per heavy atom. The zero-order valence-electron chi connectivity index (χ0n) is 10.2. The van der Waals surface area contributed by atoms with Gasteiger partial charge in [-0.3, -0.25) is 0 Å². The predicted molar refractivity (Wildman–Crippen MR) is 61.4 cm³/mol. The van der Waals surface area contributed by atoms with Crippen molar-refractivity contribution in [3.63, 3.8) is 0 Å². The van der Waals surface area contributed by atoms with Crippen LogP contribution in [0.5, 0.6) is 0 Å². The van der Waals surface area contributed by atoms with E-state index >= 15 is 0 Å². The molecule has 0 spiro atoms. The summed E-state index contributed by atoms with van der Waals surface area (Å²) >= 11 is 0. The van der Waals surface area contributed by atoms with Crippen LogP contribution in [0.1, 0.15) is 42.8 Å². The van der Waals surface area contributed by atoms with E-state index < -0.39 is 0 Å². The van der Waals surface area contributed by atoms with Crippen LogP contribution in [0.3, 0.4) is 0 Å². The zero-order valence-corrected chi connectivity index (χ0v) is 10.2. The topological polar surface area (TPSA) is 47.3 Å². The lowest BCUT2D eigenvalue weighted by Gasteiger charge is -2.26. The molecule has 2 unspecified atom stereocenters. The summed E-state index contributed by atoms with van der Waals surface area (Å²) in [6.07, 6.45) is 2.33. The number of ether oxygens (including phenoxy) is 1. The summed E-state index contributed by atoms with van der Waals surface area (Å²) in [7, 11) is 0. The van der Waals surface area contributed by atoms with E-state index in [0.29, 0.717) is 6.04 Å². The second-order valence-corrected chi connectivity index (χ2v) is 4.54. The van der Waals surface area contributed by atoms with Crippen molar-refractivity contribution < 1.29 is 9.26 Å². The molecule has 1 aromatic heterocycles. The molecule has 0 saturated carbocycles. The minimum absolute atomic E-state index is 0.276. The first-order chi connectivity index (χ1) is 7.68. The first kappa shape index (κ1) is 11.6. The molecule has 4 nitrogen and oxygen atoms in total. The van der Waals surface area contributed by atoms with Crippen LogP contribution in [0.15, 0.2) is 4.52 Å². The van der Waals surface area contributed by atoms with E-state index in [1.54, 1.807) is 0 Å². The van der Waals surface area contributed by atoms with Gasteiger partial charge in [-0.2, -0.15) is 0 Å². The third-order valence-corrected chi connectivity index (χ3v) is 3.17. The van der Waals surface area contributed by atoms with Crippen molar-refractivity contribution in [2.24, 2.45) is 0 Å². The number of rotatable bonds is 3. The molecule has 1 saturated heterocycles. The van der Waals surface area contributed by atoms with Gasteiger partial charge in [-0.15, -0.1) is 0 Å². The number of hydrogen-bond acceptors (Lipinski definition) is 4. The first-order valence-corrected chi connectivity index (χ1v) is 5.95. The fourth-order valence-corrected chi connectivity index (χ4v) is 2.42. The van der Waals surface area contributed by atoms with Crippen molar-refractivity contribution in [1.29, 1.82) is 0 Å². The van der Waals surface area contributed by atoms with E-state index in [-0.39, 0.29) is 6.04 Å². The molecule has 16 heavy (non-hydrogen) atoms. The van der Waals surface area contributed by atoms with Gasteiger partial charge >= 0.3 is 0 Å². The maximum Gasteiger partial charge on any atom is 0.138 e. The van der Waals surface area contributed by atoms with Crippen LogP contribution >= 0.6 is 0 Å². The average molecular weight is 224 g/mol. The molecule has 1 N–H and O–H groups in total. The highest BCUT2D eigenvalue weighted by atomic mass is 16.5. The van der Waals surface area contributed by atoms with Gasteiger partial charge in [0.05, 0.1) is 12.3 Å². The van der Waals surface area contributed by atoms with E-state index in [2.05, 4.69) is 17.4 Å². The summed E-state index contributed by atoms with van der Waals surface area (Å²) < 4.78 is 10.6. The highest BCUT2D eigenvalue weighted by molar-refractivity contribution is 5.24. The van der Waals surface area contributed by atoms with Gasteiger partial charge in [-0.05, 0) is 33.6 Å². The Hall–Kier alpha value is -0.870. The van der Waals surface area contributed by atoms with Crippen molar-refractivity contribution in [3.05, 3.63) is 17.0 Å². The Kier molecular flexibility index (Phi) is 3.61. The zero-order chi connectivity index (χ0) is 11.5. The molecule has 90 valence electrons. The number of aromatic nitrogens is 1. The van der Waals surface area contributed by atoms with Crippen LogP contribution in [-0.4, -0.2) is 24.4 Å². The summed E-state index contributed by atoms with van der Waals surface area (Å²) in [5.74, 6) is 0.911. The van der Waals surface area contributed by atoms with Crippen molar-refractivity contribution in [2.45, 2.75) is 45.7 Å². The van der Waals surface area contributed by atoms with Crippen molar-refractivity contribution in [2.75, 3.05) is 13.2 Å². The largest absolute Gasteiger partial charge is 0.380 e. The molecular weight excluding hydrogens is 204 g/mol. The molecule has 0 aromatic carbocycles. The number of aryl methyl sites for hydroxylation is 2. The van der Waals surface area contributed by atoms with Gasteiger partial charge in [0.1, 0.15) is 5.76 Å². The molecule has 1 aliphatic rings. The SMILES string of the molecule is Cc1noc(C)c1C(C)NC1CCCOC1. The van der Waals surface area contributed by atoms with Gasteiger partial charge in [0.2, 0.25) is 0 Å². The predicted octanol–water partition coefficient (Wildman–Crippen LogP) is 2.12. The van der Waals surface area contributed by atoms with Crippen molar-refractivity contribution in [1.82, 2.24) is 10.5 Å². The van der Waals surface area contributed by atoms with E-state index in [0.717, 1.165) is 31.1 Å². The lowest BCUT2D eigenvalue weighted by molar-refractivity contribution is 0.0670. The van der Waals surface area contributed by atoms with Crippen molar-refractivity contribution >= 4 is 0 Å². The maximum atomic E-state index is 5.46. The summed E-state index contributed by atoms with van der Waals surface area (Å²) in [6.45, 7) is 7.82. The quantitative estimate of drug-likeness (QED) is 0.854. The Labute approximate surface area is 96.3 Å². The fraction of sp³-hybridized carbons (Fsp3) is 0.750. The standard InChI is InChI=1S/C12H20N2O2/c1-8(12-9(2)14-16-10(12)3)13-11-5-4-6-15-7-11/h8,11,13H,4-7H2,1-3H3. The minimum Gasteiger partial charge on any atom is -0.380 e. The lowest BCUT2D eigenvalue weighted by Crippen LogP contribution is -2.38. The van der Waals surface area contributed by atoms with Gasteiger partial charge in [-0.1, -0.05) is 5.16 Å². The van der Waals surface area contributed by atoms with Crippen LogP contribution in [0, 0.1) is 13.8 Å². The minimum atomic E-state index is 0.276. The smallest absolute Gasteiger partial charge is 0.138 e. The molecule has 2 atom stereocenters.